The highest BCUT2D eigenvalue weighted by Crippen LogP contribution is 2.16. The molecule has 0 amide bonds. The predicted octanol–water partition coefficient (Wildman–Crippen LogP) is 2.76. The molecule has 1 aromatic carbocycles. The molecule has 1 aliphatic heterocycles. The first-order valence-corrected chi connectivity index (χ1v) is 8.86. The minimum atomic E-state index is 0.480. The molecule has 2 N–H and O–H groups in total. The van der Waals surface area contributed by atoms with Gasteiger partial charge in [0.2, 0.25) is 5.95 Å². The van der Waals surface area contributed by atoms with E-state index in [-0.39, 0.29) is 0 Å². The summed E-state index contributed by atoms with van der Waals surface area (Å²) >= 11 is 11.2. The van der Waals surface area contributed by atoms with Gasteiger partial charge in [-0.1, -0.05) is 23.7 Å². The first kappa shape index (κ1) is 17.8. The van der Waals surface area contributed by atoms with Crippen molar-refractivity contribution >= 4 is 40.7 Å². The molecule has 0 saturated carbocycles. The summed E-state index contributed by atoms with van der Waals surface area (Å²) in [6, 6.07) is 9.59. The third kappa shape index (κ3) is 5.26. The van der Waals surface area contributed by atoms with Crippen LogP contribution < -0.4 is 15.5 Å². The highest BCUT2D eigenvalue weighted by Gasteiger charge is 2.14. The standard InChI is InChI=1S/C17H20ClN5OS/c1-12-10-15(23-6-8-24-9-7-23)21-16(20-12)22-17(25)19-11-13-2-4-14(18)5-3-13/h2-5,10H,6-9,11H2,1H3,(H2,19,20,21,22,25). The lowest BCUT2D eigenvalue weighted by Gasteiger charge is -2.28. The van der Waals surface area contributed by atoms with Gasteiger partial charge in [0.1, 0.15) is 5.82 Å². The zero-order valence-corrected chi connectivity index (χ0v) is 15.5. The van der Waals surface area contributed by atoms with Crippen LogP contribution in [0.1, 0.15) is 11.3 Å². The van der Waals surface area contributed by atoms with E-state index in [0.717, 1.165) is 30.2 Å². The van der Waals surface area contributed by atoms with Gasteiger partial charge in [-0.05, 0) is 36.8 Å². The average molecular weight is 378 g/mol. The molecule has 0 bridgehead atoms. The molecule has 0 unspecified atom stereocenters. The lowest BCUT2D eigenvalue weighted by molar-refractivity contribution is 0.122. The Hall–Kier alpha value is -1.96. The molecule has 1 saturated heterocycles. The molecule has 0 radical (unpaired) electrons. The van der Waals surface area contributed by atoms with Crippen molar-refractivity contribution in [2.24, 2.45) is 0 Å². The topological polar surface area (TPSA) is 62.3 Å². The fourth-order valence-electron chi connectivity index (χ4n) is 2.49. The monoisotopic (exact) mass is 377 g/mol. The molecule has 6 nitrogen and oxygen atoms in total. The van der Waals surface area contributed by atoms with Gasteiger partial charge >= 0.3 is 0 Å². The smallest absolute Gasteiger partial charge is 0.231 e. The molecule has 2 aromatic rings. The van der Waals surface area contributed by atoms with Gasteiger partial charge in [-0.2, -0.15) is 4.98 Å². The number of hydrogen-bond donors (Lipinski definition) is 2. The summed E-state index contributed by atoms with van der Waals surface area (Å²) in [7, 11) is 0. The Kier molecular flexibility index (Phi) is 6.01. The number of nitrogens with one attached hydrogen (secondary N) is 2. The van der Waals surface area contributed by atoms with Crippen LogP contribution in [0.5, 0.6) is 0 Å². The van der Waals surface area contributed by atoms with E-state index >= 15 is 0 Å². The van der Waals surface area contributed by atoms with Crippen LogP contribution in [0, 0.1) is 6.92 Å². The van der Waals surface area contributed by atoms with E-state index in [9.17, 15) is 0 Å². The van der Waals surface area contributed by atoms with Gasteiger partial charge < -0.3 is 20.3 Å². The number of nitrogens with zero attached hydrogens (tertiary/aromatic N) is 3. The second kappa shape index (κ2) is 8.42. The molecule has 1 aromatic heterocycles. The molecular weight excluding hydrogens is 358 g/mol. The highest BCUT2D eigenvalue weighted by molar-refractivity contribution is 7.80. The maximum absolute atomic E-state index is 5.89. The van der Waals surface area contributed by atoms with Crippen molar-refractivity contribution in [3.05, 3.63) is 46.6 Å². The van der Waals surface area contributed by atoms with Gasteiger partial charge in [0.05, 0.1) is 13.2 Å². The molecule has 3 rings (SSSR count). The highest BCUT2D eigenvalue weighted by atomic mass is 35.5. The Balaban J connectivity index is 1.60. The van der Waals surface area contributed by atoms with E-state index < -0.39 is 0 Å². The number of aryl methyl sites for hydroxylation is 1. The Labute approximate surface area is 157 Å². The molecule has 0 spiro atoms. The number of hydrogen-bond acceptors (Lipinski definition) is 5. The van der Waals surface area contributed by atoms with Crippen LogP contribution in [-0.2, 0) is 11.3 Å². The summed E-state index contributed by atoms with van der Waals surface area (Å²) in [5, 5.41) is 7.40. The molecule has 1 fully saturated rings. The third-order valence-corrected chi connectivity index (χ3v) is 4.27. The minimum Gasteiger partial charge on any atom is -0.378 e. The molecule has 8 heteroatoms. The van der Waals surface area contributed by atoms with Gasteiger partial charge in [-0.15, -0.1) is 0 Å². The van der Waals surface area contributed by atoms with Gasteiger partial charge in [-0.3, -0.25) is 0 Å². The van der Waals surface area contributed by atoms with Crippen LogP contribution in [0.2, 0.25) is 5.02 Å². The average Bonchev–Trinajstić information content (AvgIpc) is 2.61. The summed E-state index contributed by atoms with van der Waals surface area (Å²) < 4.78 is 5.39. The van der Waals surface area contributed by atoms with Crippen molar-refractivity contribution < 1.29 is 4.74 Å². The zero-order chi connectivity index (χ0) is 17.6. The normalized spacial score (nSPS) is 14.2. The molecule has 0 aliphatic carbocycles. The Morgan fingerprint density at radius 1 is 1.24 bits per heavy atom. The van der Waals surface area contributed by atoms with Crippen molar-refractivity contribution in [1.82, 2.24) is 15.3 Å². The molecule has 132 valence electrons. The second-order valence-corrected chi connectivity index (χ2v) is 6.57. The SMILES string of the molecule is Cc1cc(N2CCOCC2)nc(NC(=S)NCc2ccc(Cl)cc2)n1. The van der Waals surface area contributed by atoms with Gasteiger partial charge in [-0.25, -0.2) is 4.98 Å². The number of rotatable bonds is 4. The van der Waals surface area contributed by atoms with Crippen LogP contribution >= 0.6 is 23.8 Å². The minimum absolute atomic E-state index is 0.480. The van der Waals surface area contributed by atoms with Crippen LogP contribution in [-0.4, -0.2) is 41.4 Å². The Morgan fingerprint density at radius 3 is 2.68 bits per heavy atom. The number of aromatic nitrogens is 2. The van der Waals surface area contributed by atoms with Crippen LogP contribution in [0.4, 0.5) is 11.8 Å². The van der Waals surface area contributed by atoms with Gasteiger partial charge in [0, 0.05) is 36.4 Å². The maximum atomic E-state index is 5.89. The number of anilines is 2. The van der Waals surface area contributed by atoms with Crippen molar-refractivity contribution in [3.8, 4) is 0 Å². The van der Waals surface area contributed by atoms with E-state index in [4.69, 9.17) is 28.6 Å². The number of ether oxygens (including phenoxy) is 1. The lowest BCUT2D eigenvalue weighted by Crippen LogP contribution is -2.37. The quantitative estimate of drug-likeness (QED) is 0.794. The van der Waals surface area contributed by atoms with Crippen LogP contribution in [0.25, 0.3) is 0 Å². The third-order valence-electron chi connectivity index (χ3n) is 3.77. The largest absolute Gasteiger partial charge is 0.378 e. The molecular formula is C17H20ClN5OS. The van der Waals surface area contributed by atoms with Gasteiger partial charge in [0.25, 0.3) is 0 Å². The molecule has 25 heavy (non-hydrogen) atoms. The fourth-order valence-corrected chi connectivity index (χ4v) is 2.78. The van der Waals surface area contributed by atoms with Crippen molar-refractivity contribution in [1.29, 1.82) is 0 Å². The van der Waals surface area contributed by atoms with Crippen LogP contribution in [0.15, 0.2) is 30.3 Å². The van der Waals surface area contributed by atoms with E-state index in [1.54, 1.807) is 0 Å². The first-order chi connectivity index (χ1) is 12.1. The van der Waals surface area contributed by atoms with E-state index in [1.807, 2.05) is 37.3 Å². The fraction of sp³-hybridized carbons (Fsp3) is 0.353. The van der Waals surface area contributed by atoms with Crippen LogP contribution in [0.3, 0.4) is 0 Å². The Morgan fingerprint density at radius 2 is 1.96 bits per heavy atom. The van der Waals surface area contributed by atoms with Gasteiger partial charge in [0.15, 0.2) is 5.11 Å². The van der Waals surface area contributed by atoms with E-state index in [0.29, 0.717) is 35.8 Å². The molecule has 1 aliphatic rings. The first-order valence-electron chi connectivity index (χ1n) is 8.08. The summed E-state index contributed by atoms with van der Waals surface area (Å²) in [5.74, 6) is 1.38. The number of halogens is 1. The molecule has 0 atom stereocenters. The maximum Gasteiger partial charge on any atom is 0.231 e. The molecule has 2 heterocycles. The summed E-state index contributed by atoms with van der Waals surface area (Å²) in [5.41, 5.74) is 1.98. The van der Waals surface area contributed by atoms with Crippen molar-refractivity contribution in [2.45, 2.75) is 13.5 Å². The van der Waals surface area contributed by atoms with Crippen molar-refractivity contribution in [2.75, 3.05) is 36.5 Å². The lowest BCUT2D eigenvalue weighted by atomic mass is 10.2. The predicted molar refractivity (Wildman–Crippen MR) is 104 cm³/mol. The number of thiocarbonyl (C=S) groups is 1. The summed E-state index contributed by atoms with van der Waals surface area (Å²) in [6.45, 7) is 5.64. The second-order valence-electron chi connectivity index (χ2n) is 5.72. The zero-order valence-electron chi connectivity index (χ0n) is 14.0. The van der Waals surface area contributed by atoms with Crippen molar-refractivity contribution in [3.63, 3.8) is 0 Å². The van der Waals surface area contributed by atoms with E-state index in [1.165, 1.54) is 0 Å². The Bertz CT molecular complexity index is 734. The summed E-state index contributed by atoms with van der Waals surface area (Å²) in [4.78, 5) is 11.2. The van der Waals surface area contributed by atoms with E-state index in [2.05, 4.69) is 25.5 Å². The number of benzene rings is 1. The number of morpholine rings is 1. The summed E-state index contributed by atoms with van der Waals surface area (Å²) in [6.07, 6.45) is 0.